The van der Waals surface area contributed by atoms with Crippen molar-refractivity contribution in [1.82, 2.24) is 5.43 Å². The van der Waals surface area contributed by atoms with E-state index in [0.29, 0.717) is 12.4 Å². The van der Waals surface area contributed by atoms with Crippen molar-refractivity contribution in [3.05, 3.63) is 88.4 Å². The molecule has 8 heteroatoms. The van der Waals surface area contributed by atoms with Crippen molar-refractivity contribution < 1.29 is 19.4 Å². The Labute approximate surface area is 184 Å². The van der Waals surface area contributed by atoms with Crippen LogP contribution < -0.4 is 15.5 Å². The zero-order chi connectivity index (χ0) is 22.2. The fraction of sp³-hybridized carbons (Fsp3) is 0.0870. The summed E-state index contributed by atoms with van der Waals surface area (Å²) in [7, 11) is 0. The van der Waals surface area contributed by atoms with Gasteiger partial charge in [0.05, 0.1) is 11.2 Å². The Morgan fingerprint density at radius 2 is 1.77 bits per heavy atom. The number of phenolic OH excluding ortho intramolecular Hbond substituents is 1. The van der Waals surface area contributed by atoms with Crippen LogP contribution in [0, 0.1) is 0 Å². The fourth-order valence-corrected chi connectivity index (χ4v) is 2.76. The van der Waals surface area contributed by atoms with Gasteiger partial charge >= 0.3 is 0 Å². The Kier molecular flexibility index (Phi) is 7.24. The molecule has 0 atom stereocenters. The first-order valence-electron chi connectivity index (χ1n) is 9.32. The molecule has 0 aromatic heterocycles. The maximum absolute atomic E-state index is 12.0. The molecule has 0 unspecified atom stereocenters. The Morgan fingerprint density at radius 3 is 2.42 bits per heavy atom. The van der Waals surface area contributed by atoms with E-state index in [0.717, 1.165) is 16.8 Å². The van der Waals surface area contributed by atoms with Crippen LogP contribution in [0.5, 0.6) is 11.5 Å². The van der Waals surface area contributed by atoms with Gasteiger partial charge in [-0.2, -0.15) is 5.10 Å². The summed E-state index contributed by atoms with van der Waals surface area (Å²) in [6.07, 6.45) is 1.50. The van der Waals surface area contributed by atoms with E-state index >= 15 is 0 Å². The van der Waals surface area contributed by atoms with Gasteiger partial charge in [0.2, 0.25) is 5.91 Å². The van der Waals surface area contributed by atoms with Gasteiger partial charge < -0.3 is 15.2 Å². The summed E-state index contributed by atoms with van der Waals surface area (Å²) in [5.41, 5.74) is 5.17. The van der Waals surface area contributed by atoms with Gasteiger partial charge in [-0.05, 0) is 65.7 Å². The average Bonchev–Trinajstić information content (AvgIpc) is 2.75. The van der Waals surface area contributed by atoms with E-state index in [2.05, 4.69) is 15.8 Å². The fourth-order valence-electron chi connectivity index (χ4n) is 2.58. The van der Waals surface area contributed by atoms with Gasteiger partial charge in [0.1, 0.15) is 18.1 Å². The first-order valence-corrected chi connectivity index (χ1v) is 9.70. The normalized spacial score (nSPS) is 10.6. The van der Waals surface area contributed by atoms with Crippen LogP contribution in [0.3, 0.4) is 0 Å². The zero-order valence-electron chi connectivity index (χ0n) is 16.6. The number of hydrogen-bond acceptors (Lipinski definition) is 5. The predicted octanol–water partition coefficient (Wildman–Crippen LogP) is 4.35. The molecule has 0 aliphatic heterocycles. The van der Waals surface area contributed by atoms with E-state index in [9.17, 15) is 14.7 Å². The van der Waals surface area contributed by atoms with Crippen LogP contribution in [-0.2, 0) is 11.4 Å². The molecular formula is C23H20ClN3O4. The minimum Gasteiger partial charge on any atom is -0.506 e. The summed E-state index contributed by atoms with van der Waals surface area (Å²) >= 11 is 5.80. The molecule has 0 aliphatic carbocycles. The van der Waals surface area contributed by atoms with Crippen molar-refractivity contribution in [3.8, 4) is 11.5 Å². The number of hydrazone groups is 1. The Morgan fingerprint density at radius 1 is 1.06 bits per heavy atom. The number of rotatable bonds is 7. The molecule has 0 saturated heterocycles. The minimum atomic E-state index is -0.442. The monoisotopic (exact) mass is 437 g/mol. The summed E-state index contributed by atoms with van der Waals surface area (Å²) in [5.74, 6) is 0.0384. The molecule has 0 heterocycles. The highest BCUT2D eigenvalue weighted by atomic mass is 35.5. The number of phenols is 1. The predicted molar refractivity (Wildman–Crippen MR) is 120 cm³/mol. The summed E-state index contributed by atoms with van der Waals surface area (Å²) in [6.45, 7) is 1.85. The SMILES string of the molecule is CC(=O)Nc1ccc(COc2ccc(/C=N/NC(=O)c3ccc(O)c(Cl)c3)cc2)cc1. The second-order valence-electron chi connectivity index (χ2n) is 6.60. The Balaban J connectivity index is 1.49. The zero-order valence-corrected chi connectivity index (χ0v) is 17.4. The van der Waals surface area contributed by atoms with Gasteiger partial charge in [-0.1, -0.05) is 23.7 Å². The number of benzene rings is 3. The first-order chi connectivity index (χ1) is 14.9. The molecule has 0 bridgehead atoms. The lowest BCUT2D eigenvalue weighted by Gasteiger charge is -2.08. The van der Waals surface area contributed by atoms with Gasteiger partial charge in [0.25, 0.3) is 5.91 Å². The smallest absolute Gasteiger partial charge is 0.271 e. The van der Waals surface area contributed by atoms with Crippen LogP contribution in [0.4, 0.5) is 5.69 Å². The number of carbonyl (C=O) groups is 2. The third-order valence-corrected chi connectivity index (χ3v) is 4.45. The lowest BCUT2D eigenvalue weighted by Crippen LogP contribution is -2.17. The van der Waals surface area contributed by atoms with E-state index in [-0.39, 0.29) is 22.2 Å². The van der Waals surface area contributed by atoms with Crippen molar-refractivity contribution in [3.63, 3.8) is 0 Å². The molecule has 7 nitrogen and oxygen atoms in total. The highest BCUT2D eigenvalue weighted by Gasteiger charge is 2.07. The van der Waals surface area contributed by atoms with Crippen LogP contribution in [0.25, 0.3) is 0 Å². The molecule has 0 fully saturated rings. The minimum absolute atomic E-state index is 0.0916. The number of amides is 2. The van der Waals surface area contributed by atoms with E-state index < -0.39 is 5.91 Å². The maximum Gasteiger partial charge on any atom is 0.271 e. The molecule has 3 aromatic carbocycles. The Bertz CT molecular complexity index is 1100. The van der Waals surface area contributed by atoms with Gasteiger partial charge in [0.15, 0.2) is 0 Å². The quantitative estimate of drug-likeness (QED) is 0.378. The number of anilines is 1. The van der Waals surface area contributed by atoms with E-state index in [4.69, 9.17) is 16.3 Å². The van der Waals surface area contributed by atoms with Gasteiger partial charge in [-0.3, -0.25) is 9.59 Å². The molecule has 31 heavy (non-hydrogen) atoms. The van der Waals surface area contributed by atoms with E-state index in [1.807, 2.05) is 36.4 Å². The van der Waals surface area contributed by atoms with Crippen LogP contribution in [0.15, 0.2) is 71.8 Å². The average molecular weight is 438 g/mol. The van der Waals surface area contributed by atoms with Crippen LogP contribution in [-0.4, -0.2) is 23.1 Å². The summed E-state index contributed by atoms with van der Waals surface area (Å²) in [5, 5.41) is 16.1. The summed E-state index contributed by atoms with van der Waals surface area (Å²) in [4.78, 5) is 23.1. The molecule has 3 aromatic rings. The molecule has 2 amide bonds. The summed E-state index contributed by atoms with van der Waals surface area (Å²) < 4.78 is 5.75. The van der Waals surface area contributed by atoms with Crippen LogP contribution in [0.1, 0.15) is 28.4 Å². The van der Waals surface area contributed by atoms with Crippen molar-refractivity contribution in [2.24, 2.45) is 5.10 Å². The topological polar surface area (TPSA) is 100 Å². The molecule has 0 aliphatic rings. The number of hydrogen-bond donors (Lipinski definition) is 3. The molecule has 3 N–H and O–H groups in total. The van der Waals surface area contributed by atoms with Gasteiger partial charge in [-0.25, -0.2) is 5.43 Å². The number of nitrogens with zero attached hydrogens (tertiary/aromatic N) is 1. The van der Waals surface area contributed by atoms with Crippen molar-refractivity contribution in [2.45, 2.75) is 13.5 Å². The highest BCUT2D eigenvalue weighted by molar-refractivity contribution is 6.32. The standard InChI is InChI=1S/C23H20ClN3O4/c1-15(28)26-19-7-2-17(3-8-19)14-31-20-9-4-16(5-10-20)13-25-27-23(30)18-6-11-22(29)21(24)12-18/h2-13,29H,14H2,1H3,(H,26,28)(H,27,30)/b25-13+. The first kappa shape index (κ1) is 21.9. The van der Waals surface area contributed by atoms with E-state index in [1.54, 1.807) is 12.1 Å². The van der Waals surface area contributed by atoms with Crippen LogP contribution in [0.2, 0.25) is 5.02 Å². The molecule has 0 saturated carbocycles. The third-order valence-electron chi connectivity index (χ3n) is 4.15. The molecule has 0 radical (unpaired) electrons. The second-order valence-corrected chi connectivity index (χ2v) is 7.01. The molecule has 3 rings (SSSR count). The van der Waals surface area contributed by atoms with Crippen molar-refractivity contribution >= 4 is 35.3 Å². The maximum atomic E-state index is 12.0. The molecular weight excluding hydrogens is 418 g/mol. The lowest BCUT2D eigenvalue weighted by atomic mass is 10.2. The second kappa shape index (κ2) is 10.3. The van der Waals surface area contributed by atoms with Crippen LogP contribution >= 0.6 is 11.6 Å². The lowest BCUT2D eigenvalue weighted by molar-refractivity contribution is -0.114. The summed E-state index contributed by atoms with van der Waals surface area (Å²) in [6, 6.07) is 18.8. The van der Waals surface area contributed by atoms with Crippen molar-refractivity contribution in [2.75, 3.05) is 5.32 Å². The number of nitrogens with one attached hydrogen (secondary N) is 2. The van der Waals surface area contributed by atoms with E-state index in [1.165, 1.54) is 31.3 Å². The number of halogens is 1. The number of carbonyl (C=O) groups excluding carboxylic acids is 2. The Hall–Kier alpha value is -3.84. The van der Waals surface area contributed by atoms with Gasteiger partial charge in [0, 0.05) is 18.2 Å². The van der Waals surface area contributed by atoms with Gasteiger partial charge in [-0.15, -0.1) is 0 Å². The largest absolute Gasteiger partial charge is 0.506 e. The third kappa shape index (κ3) is 6.58. The highest BCUT2D eigenvalue weighted by Crippen LogP contribution is 2.23. The number of aromatic hydroxyl groups is 1. The molecule has 0 spiro atoms. The molecule has 158 valence electrons. The van der Waals surface area contributed by atoms with Crippen molar-refractivity contribution in [1.29, 1.82) is 0 Å². The number of ether oxygens (including phenoxy) is 1.